The average molecular weight is 280 g/mol. The molecule has 1 atom stereocenters. The van der Waals surface area contributed by atoms with Gasteiger partial charge in [-0.25, -0.2) is 0 Å². The Kier molecular flexibility index (Phi) is 4.02. The lowest BCUT2D eigenvalue weighted by molar-refractivity contribution is 0.526. The van der Waals surface area contributed by atoms with Crippen LogP contribution in [-0.2, 0) is 6.42 Å². The minimum Gasteiger partial charge on any atom is -0.472 e. The lowest BCUT2D eigenvalue weighted by atomic mass is 10.0. The van der Waals surface area contributed by atoms with Crippen LogP contribution in [0.4, 0.5) is 0 Å². The van der Waals surface area contributed by atoms with E-state index in [9.17, 15) is 0 Å². The summed E-state index contributed by atoms with van der Waals surface area (Å²) in [5, 5.41) is 4.75. The van der Waals surface area contributed by atoms with Crippen molar-refractivity contribution in [1.29, 1.82) is 0 Å². The van der Waals surface area contributed by atoms with Gasteiger partial charge in [0.2, 0.25) is 0 Å². The highest BCUT2D eigenvalue weighted by molar-refractivity contribution is 5.82. The average Bonchev–Trinajstić information content (AvgIpc) is 3.00. The fourth-order valence-electron chi connectivity index (χ4n) is 2.73. The summed E-state index contributed by atoms with van der Waals surface area (Å²) in [6.45, 7) is 5.18. The maximum Gasteiger partial charge on any atom is 0.0935 e. The van der Waals surface area contributed by atoms with Gasteiger partial charge in [0.25, 0.3) is 0 Å². The van der Waals surface area contributed by atoms with Gasteiger partial charge in [-0.15, -0.1) is 0 Å². The molecule has 108 valence electrons. The number of para-hydroxylation sites is 1. The third-order valence-corrected chi connectivity index (χ3v) is 3.77. The predicted molar refractivity (Wildman–Crippen MR) is 85.3 cm³/mol. The van der Waals surface area contributed by atoms with Gasteiger partial charge in [-0.05, 0) is 49.2 Å². The number of hydrogen-bond acceptors (Lipinski definition) is 3. The molecule has 0 aliphatic rings. The number of hydrogen-bond donors (Lipinski definition) is 1. The molecule has 21 heavy (non-hydrogen) atoms. The molecule has 3 heteroatoms. The predicted octanol–water partition coefficient (Wildman–Crippen LogP) is 4.03. The number of fused-ring (bicyclic) bond motifs is 1. The standard InChI is InChI=1S/C18H20N2O/c1-3-19-17(11-14-8-9-21-12-14)18-10-13(2)15-6-4-5-7-16(15)20-18/h4-10,12,17,19H,3,11H2,1-2H3. The molecule has 0 aliphatic carbocycles. The van der Waals surface area contributed by atoms with Crippen molar-refractivity contribution in [3.8, 4) is 0 Å². The molecule has 0 fully saturated rings. The molecule has 3 aromatic rings. The second kappa shape index (κ2) is 6.10. The topological polar surface area (TPSA) is 38.1 Å². The van der Waals surface area contributed by atoms with E-state index in [1.807, 2.05) is 12.1 Å². The van der Waals surface area contributed by atoms with Crippen LogP contribution in [0.15, 0.2) is 53.3 Å². The molecule has 1 aromatic carbocycles. The SMILES string of the molecule is CCNC(Cc1ccoc1)c1cc(C)c2ccccc2n1. The van der Waals surface area contributed by atoms with Crippen LogP contribution in [0.5, 0.6) is 0 Å². The summed E-state index contributed by atoms with van der Waals surface area (Å²) in [7, 11) is 0. The smallest absolute Gasteiger partial charge is 0.0935 e. The lowest BCUT2D eigenvalue weighted by Crippen LogP contribution is -2.24. The number of nitrogens with one attached hydrogen (secondary N) is 1. The zero-order valence-electron chi connectivity index (χ0n) is 12.5. The Morgan fingerprint density at radius 2 is 2.10 bits per heavy atom. The van der Waals surface area contributed by atoms with Crippen LogP contribution < -0.4 is 5.32 Å². The summed E-state index contributed by atoms with van der Waals surface area (Å²) in [6.07, 6.45) is 4.41. The molecular weight excluding hydrogens is 260 g/mol. The molecule has 0 aliphatic heterocycles. The first kappa shape index (κ1) is 13.8. The normalized spacial score (nSPS) is 12.7. The first-order chi connectivity index (χ1) is 10.3. The van der Waals surface area contributed by atoms with E-state index in [0.29, 0.717) is 0 Å². The largest absolute Gasteiger partial charge is 0.472 e. The number of nitrogens with zero attached hydrogens (tertiary/aromatic N) is 1. The van der Waals surface area contributed by atoms with Crippen LogP contribution in [0, 0.1) is 6.92 Å². The van der Waals surface area contributed by atoms with E-state index in [0.717, 1.165) is 24.2 Å². The molecule has 3 rings (SSSR count). The third kappa shape index (κ3) is 2.98. The second-order valence-corrected chi connectivity index (χ2v) is 5.33. The summed E-state index contributed by atoms with van der Waals surface area (Å²) < 4.78 is 5.18. The van der Waals surface area contributed by atoms with Crippen molar-refractivity contribution in [2.75, 3.05) is 6.54 Å². The number of rotatable bonds is 5. The Morgan fingerprint density at radius 1 is 1.24 bits per heavy atom. The number of furan rings is 1. The van der Waals surface area contributed by atoms with Crippen LogP contribution in [0.2, 0.25) is 0 Å². The Labute approximate surface area is 125 Å². The molecule has 0 bridgehead atoms. The minimum absolute atomic E-state index is 0.205. The van der Waals surface area contributed by atoms with E-state index in [1.54, 1.807) is 12.5 Å². The van der Waals surface area contributed by atoms with Gasteiger partial charge in [0, 0.05) is 5.39 Å². The van der Waals surface area contributed by atoms with Gasteiger partial charge >= 0.3 is 0 Å². The zero-order chi connectivity index (χ0) is 14.7. The zero-order valence-corrected chi connectivity index (χ0v) is 12.5. The van der Waals surface area contributed by atoms with Crippen molar-refractivity contribution < 1.29 is 4.42 Å². The van der Waals surface area contributed by atoms with Gasteiger partial charge in [0.05, 0.1) is 29.8 Å². The maximum atomic E-state index is 5.18. The minimum atomic E-state index is 0.205. The first-order valence-electron chi connectivity index (χ1n) is 7.38. The molecule has 2 heterocycles. The Bertz CT molecular complexity index is 719. The van der Waals surface area contributed by atoms with E-state index >= 15 is 0 Å². The van der Waals surface area contributed by atoms with E-state index in [1.165, 1.54) is 16.5 Å². The highest BCUT2D eigenvalue weighted by atomic mass is 16.3. The number of aromatic nitrogens is 1. The summed E-state index contributed by atoms with van der Waals surface area (Å²) in [5.74, 6) is 0. The van der Waals surface area contributed by atoms with Crippen LogP contribution in [0.25, 0.3) is 10.9 Å². The molecular formula is C18H20N2O. The van der Waals surface area contributed by atoms with Crippen LogP contribution in [0.1, 0.15) is 29.8 Å². The first-order valence-corrected chi connectivity index (χ1v) is 7.38. The van der Waals surface area contributed by atoms with E-state index < -0.39 is 0 Å². The quantitative estimate of drug-likeness (QED) is 0.766. The molecule has 0 saturated heterocycles. The van der Waals surface area contributed by atoms with Crippen molar-refractivity contribution >= 4 is 10.9 Å². The van der Waals surface area contributed by atoms with Crippen LogP contribution >= 0.6 is 0 Å². The molecule has 3 nitrogen and oxygen atoms in total. The van der Waals surface area contributed by atoms with Gasteiger partial charge in [-0.3, -0.25) is 4.98 Å². The highest BCUT2D eigenvalue weighted by Gasteiger charge is 2.15. The van der Waals surface area contributed by atoms with Gasteiger partial charge in [-0.1, -0.05) is 25.1 Å². The number of pyridine rings is 1. The van der Waals surface area contributed by atoms with Crippen LogP contribution in [0.3, 0.4) is 0 Å². The lowest BCUT2D eigenvalue weighted by Gasteiger charge is -2.18. The van der Waals surface area contributed by atoms with Gasteiger partial charge < -0.3 is 9.73 Å². The fraction of sp³-hybridized carbons (Fsp3) is 0.278. The molecule has 0 spiro atoms. The summed E-state index contributed by atoms with van der Waals surface area (Å²) in [5.41, 5.74) is 4.61. The van der Waals surface area contributed by atoms with Gasteiger partial charge in [0.15, 0.2) is 0 Å². The molecule has 1 N–H and O–H groups in total. The summed E-state index contributed by atoms with van der Waals surface area (Å²) in [6, 6.07) is 12.7. The van der Waals surface area contributed by atoms with E-state index in [2.05, 4.69) is 43.4 Å². The van der Waals surface area contributed by atoms with Crippen LogP contribution in [-0.4, -0.2) is 11.5 Å². The molecule has 0 saturated carbocycles. The van der Waals surface area contributed by atoms with Gasteiger partial charge in [0.1, 0.15) is 0 Å². The van der Waals surface area contributed by atoms with Crippen molar-refractivity contribution in [1.82, 2.24) is 10.3 Å². The van der Waals surface area contributed by atoms with E-state index in [4.69, 9.17) is 9.40 Å². The Balaban J connectivity index is 1.98. The Morgan fingerprint density at radius 3 is 2.86 bits per heavy atom. The Hall–Kier alpha value is -2.13. The molecule has 2 aromatic heterocycles. The molecule has 0 amide bonds. The monoisotopic (exact) mass is 280 g/mol. The fourth-order valence-corrected chi connectivity index (χ4v) is 2.73. The van der Waals surface area contributed by atoms with Gasteiger partial charge in [-0.2, -0.15) is 0 Å². The van der Waals surface area contributed by atoms with Crippen molar-refractivity contribution in [3.63, 3.8) is 0 Å². The van der Waals surface area contributed by atoms with Crippen molar-refractivity contribution in [2.45, 2.75) is 26.3 Å². The number of likely N-dealkylation sites (N-methyl/N-ethyl adjacent to an activating group) is 1. The molecule has 1 unspecified atom stereocenters. The van der Waals surface area contributed by atoms with E-state index in [-0.39, 0.29) is 6.04 Å². The maximum absolute atomic E-state index is 5.18. The van der Waals surface area contributed by atoms with Crippen molar-refractivity contribution in [3.05, 3.63) is 65.7 Å². The number of benzene rings is 1. The third-order valence-electron chi connectivity index (χ3n) is 3.77. The summed E-state index contributed by atoms with van der Waals surface area (Å²) in [4.78, 5) is 4.84. The number of aryl methyl sites for hydroxylation is 1. The summed E-state index contributed by atoms with van der Waals surface area (Å²) >= 11 is 0. The highest BCUT2D eigenvalue weighted by Crippen LogP contribution is 2.23. The molecule has 0 radical (unpaired) electrons. The van der Waals surface area contributed by atoms with Crippen molar-refractivity contribution in [2.24, 2.45) is 0 Å². The second-order valence-electron chi connectivity index (χ2n) is 5.33.